The van der Waals surface area contributed by atoms with Gasteiger partial charge in [0.25, 0.3) is 11.5 Å². The summed E-state index contributed by atoms with van der Waals surface area (Å²) in [7, 11) is 0. The van der Waals surface area contributed by atoms with Gasteiger partial charge in [-0.15, -0.1) is 11.3 Å². The Morgan fingerprint density at radius 2 is 1.90 bits per heavy atom. The van der Waals surface area contributed by atoms with Gasteiger partial charge in [-0.1, -0.05) is 56.0 Å². The third-order valence-corrected chi connectivity index (χ3v) is 5.38. The molecule has 0 aliphatic rings. The Morgan fingerprint density at radius 1 is 1.14 bits per heavy atom. The van der Waals surface area contributed by atoms with Gasteiger partial charge >= 0.3 is 0 Å². The molecule has 0 unspecified atom stereocenters. The van der Waals surface area contributed by atoms with E-state index in [-0.39, 0.29) is 25.0 Å². The molecule has 148 valence electrons. The lowest BCUT2D eigenvalue weighted by Gasteiger charge is -2.17. The number of hydrogen-bond acceptors (Lipinski definition) is 5. The molecular weight excluding hydrogens is 386 g/mol. The van der Waals surface area contributed by atoms with Crippen LogP contribution in [0.3, 0.4) is 0 Å². The fourth-order valence-electron chi connectivity index (χ4n) is 3.13. The van der Waals surface area contributed by atoms with Crippen LogP contribution in [-0.2, 0) is 0 Å². The topological polar surface area (TPSA) is 95.1 Å². The molecule has 6 nitrogen and oxygen atoms in total. The molecule has 0 spiro atoms. The van der Waals surface area contributed by atoms with Crippen molar-refractivity contribution in [2.24, 2.45) is 0 Å². The zero-order valence-corrected chi connectivity index (χ0v) is 15.8. The van der Waals surface area contributed by atoms with Gasteiger partial charge < -0.3 is 15.4 Å². The Hall–Kier alpha value is -3.45. The van der Waals surface area contributed by atoms with Gasteiger partial charge in [0.15, 0.2) is 11.5 Å². The van der Waals surface area contributed by atoms with Crippen LogP contribution in [0.25, 0.3) is 21.5 Å². The normalized spacial score (nSPS) is 11.6. The monoisotopic (exact) mass is 407 g/mol. The summed E-state index contributed by atoms with van der Waals surface area (Å²) in [6.45, 7) is 1.85. The van der Waals surface area contributed by atoms with Gasteiger partial charge in [0.2, 0.25) is 5.75 Å². The summed E-state index contributed by atoms with van der Waals surface area (Å²) in [5, 5.41) is 16.8. The molecule has 0 bridgehead atoms. The second-order valence-corrected chi connectivity index (χ2v) is 7.30. The number of H-pyrrole nitrogens is 1. The van der Waals surface area contributed by atoms with Crippen molar-refractivity contribution < 1.29 is 9.90 Å². The lowest BCUT2D eigenvalue weighted by molar-refractivity contribution is 0.0931. The highest BCUT2D eigenvalue weighted by Gasteiger charge is 2.21. The molecule has 4 aromatic rings. The highest BCUT2D eigenvalue weighted by atomic mass is 32.1. The van der Waals surface area contributed by atoms with Crippen molar-refractivity contribution in [3.8, 4) is 16.5 Å². The standard InChI is InChI=1S/C21H17N3O3S.CH4/c1-12(14-9-4-7-13-6-2-3-8-15(13)14)22-20(26)17-18(25)21(27)24-19(23-17)16-10-5-11-28-16;/h2-12,25H,1H3,(H,22,26)(H,23,24,27);1H4/t12-;/m0./s1. The molecular formula is C22H21N3O3S. The molecule has 2 aromatic heterocycles. The molecule has 0 saturated carbocycles. The Kier molecular flexibility index (Phi) is 5.79. The number of thiophene rings is 1. The van der Waals surface area contributed by atoms with Gasteiger partial charge in [0, 0.05) is 0 Å². The Morgan fingerprint density at radius 3 is 2.66 bits per heavy atom. The number of nitrogens with zero attached hydrogens (tertiary/aromatic N) is 1. The van der Waals surface area contributed by atoms with Gasteiger partial charge in [-0.05, 0) is 34.7 Å². The molecule has 0 aliphatic heterocycles. The van der Waals surface area contributed by atoms with E-state index in [1.54, 1.807) is 6.07 Å². The zero-order valence-electron chi connectivity index (χ0n) is 15.0. The van der Waals surface area contributed by atoms with Crippen molar-refractivity contribution in [2.75, 3.05) is 0 Å². The number of amides is 1. The Labute approximate surface area is 171 Å². The molecule has 0 fully saturated rings. The van der Waals surface area contributed by atoms with E-state index in [0.29, 0.717) is 4.88 Å². The van der Waals surface area contributed by atoms with Crippen LogP contribution in [-0.4, -0.2) is 21.0 Å². The maximum Gasteiger partial charge on any atom is 0.294 e. The number of carbonyl (C=O) groups is 1. The van der Waals surface area contributed by atoms with E-state index in [1.165, 1.54) is 11.3 Å². The van der Waals surface area contributed by atoms with Crippen LogP contribution in [0, 0.1) is 0 Å². The fourth-order valence-corrected chi connectivity index (χ4v) is 3.80. The number of rotatable bonds is 4. The molecule has 2 aromatic carbocycles. The van der Waals surface area contributed by atoms with E-state index in [4.69, 9.17) is 0 Å². The summed E-state index contributed by atoms with van der Waals surface area (Å²) >= 11 is 1.38. The molecule has 0 aliphatic carbocycles. The molecule has 7 heteroatoms. The van der Waals surface area contributed by atoms with E-state index in [2.05, 4.69) is 15.3 Å². The van der Waals surface area contributed by atoms with E-state index in [9.17, 15) is 14.7 Å². The maximum atomic E-state index is 12.8. The van der Waals surface area contributed by atoms with Crippen LogP contribution in [0.4, 0.5) is 0 Å². The molecule has 1 atom stereocenters. The molecule has 29 heavy (non-hydrogen) atoms. The molecule has 3 N–H and O–H groups in total. The maximum absolute atomic E-state index is 12.8. The molecule has 2 heterocycles. The first kappa shape index (κ1) is 20.3. The molecule has 0 radical (unpaired) electrons. The SMILES string of the molecule is C.C[C@H](NC(=O)c1nc(-c2cccs2)[nH]c(=O)c1O)c1cccc2ccccc12. The van der Waals surface area contributed by atoms with Crippen molar-refractivity contribution in [3.63, 3.8) is 0 Å². The lowest BCUT2D eigenvalue weighted by atomic mass is 9.99. The number of carbonyl (C=O) groups excluding carboxylic acids is 1. The van der Waals surface area contributed by atoms with Crippen LogP contribution in [0.1, 0.15) is 36.4 Å². The number of benzene rings is 2. The number of nitrogens with one attached hydrogen (secondary N) is 2. The first-order valence-corrected chi connectivity index (χ1v) is 9.58. The van der Waals surface area contributed by atoms with E-state index < -0.39 is 17.2 Å². The summed E-state index contributed by atoms with van der Waals surface area (Å²) in [6, 6.07) is 17.0. The quantitative estimate of drug-likeness (QED) is 0.465. The van der Waals surface area contributed by atoms with Crippen LogP contribution < -0.4 is 10.9 Å². The molecule has 0 saturated heterocycles. The van der Waals surface area contributed by atoms with Crippen LogP contribution in [0.2, 0.25) is 0 Å². The number of hydrogen-bond donors (Lipinski definition) is 3. The molecule has 4 rings (SSSR count). The van der Waals surface area contributed by atoms with Crippen molar-refractivity contribution in [3.05, 3.63) is 81.6 Å². The summed E-state index contributed by atoms with van der Waals surface area (Å²) in [6.07, 6.45) is 0. The van der Waals surface area contributed by atoms with E-state index in [0.717, 1.165) is 16.3 Å². The average Bonchev–Trinajstić information content (AvgIpc) is 3.24. The summed E-state index contributed by atoms with van der Waals surface area (Å²) in [5.41, 5.74) is -0.102. The van der Waals surface area contributed by atoms with Gasteiger partial charge in [-0.3, -0.25) is 9.59 Å². The van der Waals surface area contributed by atoms with E-state index in [1.807, 2.05) is 60.8 Å². The van der Waals surface area contributed by atoms with Gasteiger partial charge in [0.05, 0.1) is 10.9 Å². The largest absolute Gasteiger partial charge is 0.501 e. The predicted molar refractivity (Wildman–Crippen MR) is 116 cm³/mol. The van der Waals surface area contributed by atoms with Crippen molar-refractivity contribution in [2.45, 2.75) is 20.4 Å². The number of aromatic amines is 1. The van der Waals surface area contributed by atoms with Crippen LogP contribution in [0.15, 0.2) is 64.8 Å². The van der Waals surface area contributed by atoms with Crippen LogP contribution >= 0.6 is 11.3 Å². The number of aromatic hydroxyl groups is 1. The third kappa shape index (κ3) is 3.90. The molecule has 1 amide bonds. The summed E-state index contributed by atoms with van der Waals surface area (Å²) < 4.78 is 0. The highest BCUT2D eigenvalue weighted by molar-refractivity contribution is 7.13. The average molecular weight is 407 g/mol. The minimum Gasteiger partial charge on any atom is -0.501 e. The second-order valence-electron chi connectivity index (χ2n) is 6.35. The third-order valence-electron chi connectivity index (χ3n) is 4.50. The minimum atomic E-state index is -0.749. The first-order valence-electron chi connectivity index (χ1n) is 8.70. The Bertz CT molecular complexity index is 1210. The van der Waals surface area contributed by atoms with Gasteiger partial charge in [0.1, 0.15) is 0 Å². The fraction of sp³-hybridized carbons (Fsp3) is 0.136. The zero-order chi connectivity index (χ0) is 19.7. The smallest absolute Gasteiger partial charge is 0.294 e. The highest BCUT2D eigenvalue weighted by Crippen LogP contribution is 2.25. The van der Waals surface area contributed by atoms with Crippen molar-refractivity contribution in [1.82, 2.24) is 15.3 Å². The van der Waals surface area contributed by atoms with Gasteiger partial charge in [-0.2, -0.15) is 0 Å². The van der Waals surface area contributed by atoms with E-state index >= 15 is 0 Å². The Balaban J connectivity index is 0.00000240. The van der Waals surface area contributed by atoms with Gasteiger partial charge in [-0.25, -0.2) is 4.98 Å². The van der Waals surface area contributed by atoms with Crippen molar-refractivity contribution in [1.29, 1.82) is 0 Å². The number of fused-ring (bicyclic) bond motifs is 1. The number of aromatic nitrogens is 2. The summed E-state index contributed by atoms with van der Waals surface area (Å²) in [4.78, 5) is 32.2. The van der Waals surface area contributed by atoms with Crippen LogP contribution in [0.5, 0.6) is 5.75 Å². The lowest BCUT2D eigenvalue weighted by Crippen LogP contribution is -2.29. The minimum absolute atomic E-state index is 0. The predicted octanol–water partition coefficient (Wildman–Crippen LogP) is 4.48. The second kappa shape index (κ2) is 8.28. The first-order chi connectivity index (χ1) is 13.5. The van der Waals surface area contributed by atoms with Crippen molar-refractivity contribution >= 4 is 28.0 Å². The summed E-state index contributed by atoms with van der Waals surface area (Å²) in [5.74, 6) is -1.05.